The van der Waals surface area contributed by atoms with Gasteiger partial charge in [0.2, 0.25) is 21.7 Å². The monoisotopic (exact) mass is 500 g/mol. The van der Waals surface area contributed by atoms with Gasteiger partial charge in [0.25, 0.3) is 5.91 Å². The van der Waals surface area contributed by atoms with Crippen molar-refractivity contribution in [3.63, 3.8) is 0 Å². The average Bonchev–Trinajstić information content (AvgIpc) is 3.29. The van der Waals surface area contributed by atoms with Crippen LogP contribution in [0.3, 0.4) is 0 Å². The molecule has 3 aromatic rings. The number of ether oxygens (including phenoxy) is 1. The Hall–Kier alpha value is -3.40. The lowest BCUT2D eigenvalue weighted by molar-refractivity contribution is -0.128. The summed E-state index contributed by atoms with van der Waals surface area (Å²) in [7, 11) is -1.89. The van der Waals surface area contributed by atoms with E-state index >= 15 is 0 Å². The first-order valence-electron chi connectivity index (χ1n) is 11.3. The van der Waals surface area contributed by atoms with Gasteiger partial charge < -0.3 is 14.6 Å². The molecule has 0 bridgehead atoms. The number of anilines is 1. The average molecular weight is 501 g/mol. The van der Waals surface area contributed by atoms with Crippen LogP contribution < -0.4 is 14.4 Å². The summed E-state index contributed by atoms with van der Waals surface area (Å²) < 4.78 is 35.6. The molecular weight excluding hydrogens is 468 g/mol. The molecule has 0 fully saturated rings. The molecule has 0 aliphatic rings. The lowest BCUT2D eigenvalue weighted by Gasteiger charge is -2.19. The lowest BCUT2D eigenvalue weighted by Crippen LogP contribution is -2.37. The van der Waals surface area contributed by atoms with Crippen LogP contribution in [-0.2, 0) is 26.8 Å². The summed E-state index contributed by atoms with van der Waals surface area (Å²) in [4.78, 5) is 17.0. The molecule has 1 N–H and O–H groups in total. The third-order valence-electron chi connectivity index (χ3n) is 5.53. The summed E-state index contributed by atoms with van der Waals surface area (Å²) >= 11 is 0. The zero-order chi connectivity index (χ0) is 25.8. The van der Waals surface area contributed by atoms with E-state index in [0.29, 0.717) is 23.7 Å². The standard InChI is InChI=1S/C25H32N4O5S/c1-7-21(33-20-14-12-19(13-15-20)29(5)35(6,31)32)24(30)26-16-22-27-23(28-34-22)17-8-10-18(11-9-17)25(2,3)4/h8-15,21H,7,16H2,1-6H3,(H,26,30)/t21-/m1/s1. The predicted octanol–water partition coefficient (Wildman–Crippen LogP) is 3.90. The maximum atomic E-state index is 12.7. The molecular formula is C25H32N4O5S. The zero-order valence-electron chi connectivity index (χ0n) is 20.9. The second-order valence-corrected chi connectivity index (χ2v) is 11.3. The second-order valence-electron chi connectivity index (χ2n) is 9.30. The number of carbonyl (C=O) groups is 1. The third kappa shape index (κ3) is 6.82. The van der Waals surface area contributed by atoms with E-state index < -0.39 is 16.1 Å². The summed E-state index contributed by atoms with van der Waals surface area (Å²) in [5, 5.41) is 6.78. The molecule has 0 saturated heterocycles. The van der Waals surface area contributed by atoms with Gasteiger partial charge in [-0.2, -0.15) is 4.98 Å². The van der Waals surface area contributed by atoms with Crippen molar-refractivity contribution >= 4 is 21.6 Å². The number of rotatable bonds is 9. The van der Waals surface area contributed by atoms with Crippen LogP contribution in [0.5, 0.6) is 5.75 Å². The Morgan fingerprint density at radius 2 is 1.74 bits per heavy atom. The molecule has 1 amide bonds. The smallest absolute Gasteiger partial charge is 0.261 e. The van der Waals surface area contributed by atoms with Crippen LogP contribution in [-0.4, -0.2) is 43.9 Å². The molecule has 188 valence electrons. The fourth-order valence-corrected chi connectivity index (χ4v) is 3.76. The number of carbonyl (C=O) groups excluding carboxylic acids is 1. The van der Waals surface area contributed by atoms with E-state index in [1.54, 1.807) is 24.3 Å². The van der Waals surface area contributed by atoms with Crippen molar-refractivity contribution in [3.8, 4) is 17.1 Å². The Morgan fingerprint density at radius 3 is 2.29 bits per heavy atom. The molecule has 0 aliphatic heterocycles. The van der Waals surface area contributed by atoms with Gasteiger partial charge in [-0.15, -0.1) is 0 Å². The van der Waals surface area contributed by atoms with E-state index in [0.717, 1.165) is 11.8 Å². The van der Waals surface area contributed by atoms with Gasteiger partial charge in [-0.3, -0.25) is 9.10 Å². The molecule has 1 atom stereocenters. The minimum Gasteiger partial charge on any atom is -0.481 e. The van der Waals surface area contributed by atoms with Crippen LogP contribution >= 0.6 is 0 Å². The Balaban J connectivity index is 1.58. The highest BCUT2D eigenvalue weighted by Gasteiger charge is 2.20. The van der Waals surface area contributed by atoms with Crippen LogP contribution in [0.15, 0.2) is 53.1 Å². The van der Waals surface area contributed by atoms with Gasteiger partial charge in [0.15, 0.2) is 6.10 Å². The molecule has 0 aliphatic carbocycles. The van der Waals surface area contributed by atoms with Crippen molar-refractivity contribution in [1.29, 1.82) is 0 Å². The highest BCUT2D eigenvalue weighted by Crippen LogP contribution is 2.25. The lowest BCUT2D eigenvalue weighted by atomic mass is 9.87. The van der Waals surface area contributed by atoms with E-state index in [1.807, 2.05) is 31.2 Å². The Morgan fingerprint density at radius 1 is 1.11 bits per heavy atom. The van der Waals surface area contributed by atoms with Gasteiger partial charge in [-0.25, -0.2) is 8.42 Å². The molecule has 3 rings (SSSR count). The molecule has 0 unspecified atom stereocenters. The van der Waals surface area contributed by atoms with Gasteiger partial charge in [0.1, 0.15) is 5.75 Å². The van der Waals surface area contributed by atoms with Crippen LogP contribution in [0.4, 0.5) is 5.69 Å². The molecule has 0 saturated carbocycles. The molecule has 2 aromatic carbocycles. The van der Waals surface area contributed by atoms with Crippen LogP contribution in [0, 0.1) is 0 Å². The summed E-state index contributed by atoms with van der Waals surface area (Å²) in [6, 6.07) is 14.5. The Kier molecular flexibility index (Phi) is 7.84. The zero-order valence-corrected chi connectivity index (χ0v) is 21.7. The number of hydrogen-bond donors (Lipinski definition) is 1. The first-order chi connectivity index (χ1) is 16.4. The van der Waals surface area contributed by atoms with E-state index in [2.05, 4.69) is 36.2 Å². The van der Waals surface area contributed by atoms with Gasteiger partial charge in [-0.05, 0) is 41.7 Å². The first kappa shape index (κ1) is 26.2. The molecule has 35 heavy (non-hydrogen) atoms. The number of nitrogens with zero attached hydrogens (tertiary/aromatic N) is 3. The summed E-state index contributed by atoms with van der Waals surface area (Å²) in [5.74, 6) is 0.879. The van der Waals surface area contributed by atoms with Crippen LogP contribution in [0.1, 0.15) is 45.6 Å². The maximum absolute atomic E-state index is 12.7. The summed E-state index contributed by atoms with van der Waals surface area (Å²) in [5.41, 5.74) is 2.59. The van der Waals surface area contributed by atoms with Gasteiger partial charge in [0, 0.05) is 12.6 Å². The molecule has 1 aromatic heterocycles. The number of amides is 1. The van der Waals surface area contributed by atoms with E-state index in [4.69, 9.17) is 9.26 Å². The first-order valence-corrected chi connectivity index (χ1v) is 13.1. The SMILES string of the molecule is CC[C@@H](Oc1ccc(N(C)S(C)(=O)=O)cc1)C(=O)NCc1nc(-c2ccc(C(C)(C)C)cc2)no1. The van der Waals surface area contributed by atoms with Gasteiger partial charge >= 0.3 is 0 Å². The number of aromatic nitrogens is 2. The minimum atomic E-state index is -3.36. The molecule has 0 radical (unpaired) electrons. The maximum Gasteiger partial charge on any atom is 0.261 e. The highest BCUT2D eigenvalue weighted by molar-refractivity contribution is 7.92. The topological polar surface area (TPSA) is 115 Å². The van der Waals surface area contributed by atoms with Crippen LogP contribution in [0.2, 0.25) is 0 Å². The predicted molar refractivity (Wildman–Crippen MR) is 135 cm³/mol. The molecule has 9 nitrogen and oxygen atoms in total. The molecule has 1 heterocycles. The van der Waals surface area contributed by atoms with Crippen molar-refractivity contribution < 1.29 is 22.5 Å². The third-order valence-corrected chi connectivity index (χ3v) is 6.74. The van der Waals surface area contributed by atoms with E-state index in [9.17, 15) is 13.2 Å². The Labute approximate surface area is 206 Å². The summed E-state index contributed by atoms with van der Waals surface area (Å²) in [6.07, 6.45) is 0.830. The number of hydrogen-bond acceptors (Lipinski definition) is 7. The highest BCUT2D eigenvalue weighted by atomic mass is 32.2. The van der Waals surface area contributed by atoms with E-state index in [-0.39, 0.29) is 23.8 Å². The number of benzene rings is 2. The molecule has 10 heteroatoms. The minimum absolute atomic E-state index is 0.0532. The largest absolute Gasteiger partial charge is 0.481 e. The second kappa shape index (κ2) is 10.5. The van der Waals surface area contributed by atoms with Crippen molar-refractivity contribution in [2.75, 3.05) is 17.6 Å². The quantitative estimate of drug-likeness (QED) is 0.474. The van der Waals surface area contributed by atoms with Crippen molar-refractivity contribution in [2.45, 2.75) is 52.2 Å². The normalized spacial score (nSPS) is 12.7. The van der Waals surface area contributed by atoms with Crippen molar-refractivity contribution in [2.24, 2.45) is 0 Å². The van der Waals surface area contributed by atoms with Crippen LogP contribution in [0.25, 0.3) is 11.4 Å². The molecule has 0 spiro atoms. The fourth-order valence-electron chi connectivity index (χ4n) is 3.25. The number of sulfonamides is 1. The van der Waals surface area contributed by atoms with Crippen molar-refractivity contribution in [1.82, 2.24) is 15.5 Å². The van der Waals surface area contributed by atoms with E-state index in [1.165, 1.54) is 16.9 Å². The Bertz CT molecular complexity index is 1250. The fraction of sp³-hybridized carbons (Fsp3) is 0.400. The number of nitrogens with one attached hydrogen (secondary N) is 1. The van der Waals surface area contributed by atoms with Crippen molar-refractivity contribution in [3.05, 3.63) is 60.0 Å². The van der Waals surface area contributed by atoms with Gasteiger partial charge in [-0.1, -0.05) is 57.1 Å². The van der Waals surface area contributed by atoms with Gasteiger partial charge in [0.05, 0.1) is 18.5 Å². The summed E-state index contributed by atoms with van der Waals surface area (Å²) in [6.45, 7) is 8.36.